The van der Waals surface area contributed by atoms with Crippen molar-refractivity contribution in [2.45, 2.75) is 33.0 Å². The van der Waals surface area contributed by atoms with Crippen molar-refractivity contribution in [1.82, 2.24) is 0 Å². The van der Waals surface area contributed by atoms with Crippen LogP contribution in [0.1, 0.15) is 25.8 Å². The van der Waals surface area contributed by atoms with Gasteiger partial charge in [0.25, 0.3) is 5.91 Å². The van der Waals surface area contributed by atoms with E-state index in [4.69, 9.17) is 15.2 Å². The number of aliphatic hydroxyl groups excluding tert-OH is 1. The fourth-order valence-corrected chi connectivity index (χ4v) is 1.57. The van der Waals surface area contributed by atoms with Crippen LogP contribution in [0, 0.1) is 0 Å². The minimum Gasteiger partial charge on any atom is -0.490 e. The van der Waals surface area contributed by atoms with E-state index in [1.165, 1.54) is 0 Å². The molecule has 1 amide bonds. The van der Waals surface area contributed by atoms with Crippen LogP contribution in [-0.2, 0) is 11.4 Å². The lowest BCUT2D eigenvalue weighted by molar-refractivity contribution is -0.124. The van der Waals surface area contributed by atoms with Crippen LogP contribution in [-0.4, -0.2) is 23.7 Å². The number of carbonyl (C=O) groups is 1. The summed E-state index contributed by atoms with van der Waals surface area (Å²) in [7, 11) is 0. The first-order chi connectivity index (χ1) is 8.63. The molecule has 0 bridgehead atoms. The van der Waals surface area contributed by atoms with Gasteiger partial charge < -0.3 is 20.3 Å². The van der Waals surface area contributed by atoms with E-state index in [9.17, 15) is 9.90 Å². The van der Waals surface area contributed by atoms with Crippen LogP contribution < -0.4 is 15.2 Å². The monoisotopic (exact) mass is 253 g/mol. The molecule has 1 rings (SSSR count). The molecule has 0 saturated heterocycles. The highest BCUT2D eigenvalue weighted by Gasteiger charge is 2.19. The van der Waals surface area contributed by atoms with E-state index in [0.29, 0.717) is 30.1 Å². The van der Waals surface area contributed by atoms with Crippen LogP contribution in [0.4, 0.5) is 0 Å². The Bertz CT molecular complexity index is 406. The number of benzene rings is 1. The molecule has 1 aromatic carbocycles. The molecule has 0 spiro atoms. The zero-order chi connectivity index (χ0) is 13.5. The van der Waals surface area contributed by atoms with Gasteiger partial charge in [-0.2, -0.15) is 0 Å². The minimum absolute atomic E-state index is 0.189. The molecule has 3 N–H and O–H groups in total. The molecule has 5 nitrogen and oxygen atoms in total. The van der Waals surface area contributed by atoms with Crippen LogP contribution in [0.5, 0.6) is 11.5 Å². The van der Waals surface area contributed by atoms with Gasteiger partial charge in [-0.05, 0) is 19.4 Å². The number of ether oxygens (including phenoxy) is 2. The van der Waals surface area contributed by atoms with Gasteiger partial charge >= 0.3 is 0 Å². The molecule has 0 aromatic heterocycles. The van der Waals surface area contributed by atoms with Gasteiger partial charge in [0.15, 0.2) is 17.6 Å². The predicted molar refractivity (Wildman–Crippen MR) is 67.4 cm³/mol. The lowest BCUT2D eigenvalue weighted by Gasteiger charge is -2.19. The Morgan fingerprint density at radius 1 is 1.44 bits per heavy atom. The van der Waals surface area contributed by atoms with Crippen LogP contribution in [0.15, 0.2) is 18.2 Å². The molecule has 0 aliphatic carbocycles. The van der Waals surface area contributed by atoms with E-state index in [0.717, 1.165) is 0 Å². The van der Waals surface area contributed by atoms with Crippen molar-refractivity contribution < 1.29 is 19.4 Å². The van der Waals surface area contributed by atoms with Crippen molar-refractivity contribution in [2.24, 2.45) is 5.73 Å². The summed E-state index contributed by atoms with van der Waals surface area (Å²) in [6.45, 7) is 3.93. The van der Waals surface area contributed by atoms with E-state index in [2.05, 4.69) is 0 Å². The topological polar surface area (TPSA) is 81.8 Å². The zero-order valence-electron chi connectivity index (χ0n) is 10.7. The lowest BCUT2D eigenvalue weighted by atomic mass is 10.2. The fraction of sp³-hybridized carbons (Fsp3) is 0.462. The zero-order valence-corrected chi connectivity index (χ0v) is 10.7. The van der Waals surface area contributed by atoms with Gasteiger partial charge in [-0.1, -0.05) is 19.1 Å². The van der Waals surface area contributed by atoms with Crippen molar-refractivity contribution in [1.29, 1.82) is 0 Å². The van der Waals surface area contributed by atoms with Crippen LogP contribution >= 0.6 is 0 Å². The average molecular weight is 253 g/mol. The Labute approximate surface area is 107 Å². The number of primary amides is 1. The summed E-state index contributed by atoms with van der Waals surface area (Å²) in [6.07, 6.45) is -0.266. The molecule has 0 radical (unpaired) electrons. The van der Waals surface area contributed by atoms with Crippen molar-refractivity contribution >= 4 is 5.91 Å². The predicted octanol–water partition coefficient (Wildman–Crippen LogP) is 1.22. The summed E-state index contributed by atoms with van der Waals surface area (Å²) in [5, 5.41) is 9.28. The molecular formula is C13H19NO4. The van der Waals surface area contributed by atoms with Gasteiger partial charge in [0.1, 0.15) is 0 Å². The third-order valence-corrected chi connectivity index (χ3v) is 2.48. The molecule has 0 fully saturated rings. The van der Waals surface area contributed by atoms with Crippen molar-refractivity contribution in [3.63, 3.8) is 0 Å². The number of nitrogens with two attached hydrogens (primary N) is 1. The summed E-state index contributed by atoms with van der Waals surface area (Å²) in [5.41, 5.74) is 5.81. The summed E-state index contributed by atoms with van der Waals surface area (Å²) in [4.78, 5) is 11.2. The molecule has 1 unspecified atom stereocenters. The second-order valence-electron chi connectivity index (χ2n) is 3.75. The third kappa shape index (κ3) is 3.37. The highest BCUT2D eigenvalue weighted by atomic mass is 16.5. The number of aliphatic hydroxyl groups is 1. The Hall–Kier alpha value is -1.75. The van der Waals surface area contributed by atoms with E-state index in [1.807, 2.05) is 6.92 Å². The van der Waals surface area contributed by atoms with E-state index < -0.39 is 12.0 Å². The van der Waals surface area contributed by atoms with Crippen LogP contribution in [0.25, 0.3) is 0 Å². The SMILES string of the molecule is CCOc1cccc(CO)c1OC(CC)C(N)=O. The molecule has 0 saturated carbocycles. The number of hydrogen-bond acceptors (Lipinski definition) is 4. The molecule has 0 aliphatic heterocycles. The van der Waals surface area contributed by atoms with Crippen molar-refractivity contribution in [3.05, 3.63) is 23.8 Å². The normalized spacial score (nSPS) is 11.9. The second-order valence-corrected chi connectivity index (χ2v) is 3.75. The maximum atomic E-state index is 11.2. The number of hydrogen-bond donors (Lipinski definition) is 2. The number of para-hydroxylation sites is 1. The van der Waals surface area contributed by atoms with Gasteiger partial charge in [0, 0.05) is 5.56 Å². The molecule has 1 atom stereocenters. The number of carbonyl (C=O) groups excluding carboxylic acids is 1. The summed E-state index contributed by atoms with van der Waals surface area (Å²) < 4.78 is 11.0. The van der Waals surface area contributed by atoms with Gasteiger partial charge in [-0.25, -0.2) is 0 Å². The van der Waals surface area contributed by atoms with Gasteiger partial charge in [0.2, 0.25) is 0 Å². The van der Waals surface area contributed by atoms with E-state index in [1.54, 1.807) is 25.1 Å². The first-order valence-corrected chi connectivity index (χ1v) is 5.95. The molecule has 18 heavy (non-hydrogen) atoms. The summed E-state index contributed by atoms with van der Waals surface area (Å²) in [6, 6.07) is 5.20. The van der Waals surface area contributed by atoms with Gasteiger partial charge in [0.05, 0.1) is 13.2 Å². The Morgan fingerprint density at radius 2 is 2.17 bits per heavy atom. The molecule has 1 aromatic rings. The largest absolute Gasteiger partial charge is 0.490 e. The highest BCUT2D eigenvalue weighted by molar-refractivity contribution is 5.79. The molecule has 0 aliphatic rings. The maximum absolute atomic E-state index is 11.2. The Kier molecular flexibility index (Phi) is 5.45. The average Bonchev–Trinajstić information content (AvgIpc) is 2.36. The second kappa shape index (κ2) is 6.86. The first kappa shape index (κ1) is 14.3. The molecule has 100 valence electrons. The smallest absolute Gasteiger partial charge is 0.258 e. The minimum atomic E-state index is -0.725. The quantitative estimate of drug-likeness (QED) is 0.765. The van der Waals surface area contributed by atoms with Gasteiger partial charge in [-0.3, -0.25) is 4.79 Å². The Balaban J connectivity index is 3.06. The number of rotatable bonds is 7. The number of amides is 1. The molecular weight excluding hydrogens is 234 g/mol. The lowest BCUT2D eigenvalue weighted by Crippen LogP contribution is -2.33. The first-order valence-electron chi connectivity index (χ1n) is 5.95. The van der Waals surface area contributed by atoms with Crippen LogP contribution in [0.3, 0.4) is 0 Å². The third-order valence-electron chi connectivity index (χ3n) is 2.48. The summed E-state index contributed by atoms with van der Waals surface area (Å²) >= 11 is 0. The maximum Gasteiger partial charge on any atom is 0.258 e. The van der Waals surface area contributed by atoms with Gasteiger partial charge in [-0.15, -0.1) is 0 Å². The van der Waals surface area contributed by atoms with Crippen molar-refractivity contribution in [2.75, 3.05) is 6.61 Å². The van der Waals surface area contributed by atoms with E-state index >= 15 is 0 Å². The molecule has 0 heterocycles. The van der Waals surface area contributed by atoms with Crippen molar-refractivity contribution in [3.8, 4) is 11.5 Å². The summed E-state index contributed by atoms with van der Waals surface area (Å²) in [5.74, 6) is 0.351. The molecule has 5 heteroatoms. The van der Waals surface area contributed by atoms with E-state index in [-0.39, 0.29) is 6.61 Å². The van der Waals surface area contributed by atoms with Crippen LogP contribution in [0.2, 0.25) is 0 Å². The fourth-order valence-electron chi connectivity index (χ4n) is 1.57. The Morgan fingerprint density at radius 3 is 2.67 bits per heavy atom. The highest BCUT2D eigenvalue weighted by Crippen LogP contribution is 2.32. The standard InChI is InChI=1S/C13H19NO4/c1-3-10(13(14)16)18-12-9(8-15)6-5-7-11(12)17-4-2/h5-7,10,15H,3-4,8H2,1-2H3,(H2,14,16).